The zero-order valence-electron chi connectivity index (χ0n) is 18.4. The fraction of sp³-hybridized carbons (Fsp3) is 0.440. The number of rotatable bonds is 4. The van der Waals surface area contributed by atoms with E-state index < -0.39 is 0 Å². The quantitative estimate of drug-likeness (QED) is 0.662. The van der Waals surface area contributed by atoms with Crippen LogP contribution in [-0.4, -0.2) is 43.1 Å². The molecule has 1 N–H and O–H groups in total. The highest BCUT2D eigenvalue weighted by molar-refractivity contribution is 5.79. The predicted molar refractivity (Wildman–Crippen MR) is 123 cm³/mol. The molecule has 2 aliphatic heterocycles. The molecule has 7 heteroatoms. The van der Waals surface area contributed by atoms with Crippen LogP contribution >= 0.6 is 0 Å². The Morgan fingerprint density at radius 1 is 1.09 bits per heavy atom. The summed E-state index contributed by atoms with van der Waals surface area (Å²) < 4.78 is 20.2. The van der Waals surface area contributed by atoms with E-state index in [-0.39, 0.29) is 23.7 Å². The SMILES string of the molecule is Cc1ccc(F)c(N2CCCC(NC(=O)C3CCN(c4nc5ccccc5o4)CC3)C2)c1. The monoisotopic (exact) mass is 436 g/mol. The summed E-state index contributed by atoms with van der Waals surface area (Å²) in [6.45, 7) is 4.93. The van der Waals surface area contributed by atoms with Crippen molar-refractivity contribution in [1.82, 2.24) is 10.3 Å². The summed E-state index contributed by atoms with van der Waals surface area (Å²) in [5, 5.41) is 3.24. The van der Waals surface area contributed by atoms with E-state index in [0.29, 0.717) is 18.2 Å². The summed E-state index contributed by atoms with van der Waals surface area (Å²) in [7, 11) is 0. The van der Waals surface area contributed by atoms with Gasteiger partial charge in [-0.25, -0.2) is 4.39 Å². The second-order valence-electron chi connectivity index (χ2n) is 8.97. The van der Waals surface area contributed by atoms with E-state index in [0.717, 1.165) is 62.0 Å². The number of benzene rings is 2. The zero-order chi connectivity index (χ0) is 22.1. The van der Waals surface area contributed by atoms with Crippen LogP contribution in [0.5, 0.6) is 0 Å². The predicted octanol–water partition coefficient (Wildman–Crippen LogP) is 4.28. The van der Waals surface area contributed by atoms with Crippen molar-refractivity contribution in [3.05, 3.63) is 53.8 Å². The summed E-state index contributed by atoms with van der Waals surface area (Å²) in [6.07, 6.45) is 3.41. The standard InChI is InChI=1S/C25H29FN4O2/c1-17-8-9-20(26)22(15-17)30-12-4-5-19(16-30)27-24(31)18-10-13-29(14-11-18)25-28-21-6-2-3-7-23(21)32-25/h2-3,6-9,15,18-19H,4-5,10-14,16H2,1H3,(H,27,31). The van der Waals surface area contributed by atoms with Gasteiger partial charge in [0.1, 0.15) is 11.3 Å². The van der Waals surface area contributed by atoms with E-state index in [2.05, 4.69) is 20.1 Å². The maximum absolute atomic E-state index is 14.3. The van der Waals surface area contributed by atoms with Crippen LogP contribution in [0.15, 0.2) is 46.9 Å². The molecule has 1 unspecified atom stereocenters. The molecule has 0 radical (unpaired) electrons. The smallest absolute Gasteiger partial charge is 0.298 e. The number of piperidine rings is 2. The Balaban J connectivity index is 1.16. The van der Waals surface area contributed by atoms with Crippen LogP contribution in [0, 0.1) is 18.7 Å². The molecule has 6 nitrogen and oxygen atoms in total. The molecule has 0 saturated carbocycles. The van der Waals surface area contributed by atoms with Gasteiger partial charge < -0.3 is 19.5 Å². The number of aromatic nitrogens is 1. The van der Waals surface area contributed by atoms with Crippen molar-refractivity contribution >= 4 is 28.7 Å². The number of aryl methyl sites for hydroxylation is 1. The number of carbonyl (C=O) groups excluding carboxylic acids is 1. The molecule has 5 rings (SSSR count). The van der Waals surface area contributed by atoms with Crippen molar-refractivity contribution < 1.29 is 13.6 Å². The topological polar surface area (TPSA) is 61.6 Å². The van der Waals surface area contributed by atoms with Gasteiger partial charge in [-0.2, -0.15) is 4.98 Å². The van der Waals surface area contributed by atoms with Crippen LogP contribution in [0.4, 0.5) is 16.1 Å². The van der Waals surface area contributed by atoms with Crippen molar-refractivity contribution in [3.8, 4) is 0 Å². The first-order valence-electron chi connectivity index (χ1n) is 11.5. The minimum atomic E-state index is -0.200. The number of nitrogens with one attached hydrogen (secondary N) is 1. The molecule has 168 valence electrons. The third-order valence-corrected chi connectivity index (χ3v) is 6.63. The molecule has 1 amide bonds. The van der Waals surface area contributed by atoms with Crippen LogP contribution < -0.4 is 15.1 Å². The van der Waals surface area contributed by atoms with Gasteiger partial charge in [0.25, 0.3) is 6.01 Å². The van der Waals surface area contributed by atoms with Crippen LogP contribution in [0.3, 0.4) is 0 Å². The fourth-order valence-corrected chi connectivity index (χ4v) is 4.83. The Hall–Kier alpha value is -3.09. The number of hydrogen-bond acceptors (Lipinski definition) is 5. The highest BCUT2D eigenvalue weighted by atomic mass is 19.1. The normalized spacial score (nSPS) is 20.0. The number of nitrogens with zero attached hydrogens (tertiary/aromatic N) is 3. The zero-order valence-corrected chi connectivity index (χ0v) is 18.4. The second kappa shape index (κ2) is 8.81. The van der Waals surface area contributed by atoms with Gasteiger partial charge in [0, 0.05) is 38.1 Å². The Morgan fingerprint density at radius 2 is 1.91 bits per heavy atom. The average Bonchev–Trinajstić information content (AvgIpc) is 3.25. The third kappa shape index (κ3) is 4.29. The second-order valence-corrected chi connectivity index (χ2v) is 8.97. The van der Waals surface area contributed by atoms with Crippen molar-refractivity contribution in [1.29, 1.82) is 0 Å². The van der Waals surface area contributed by atoms with E-state index >= 15 is 0 Å². The Morgan fingerprint density at radius 3 is 2.72 bits per heavy atom. The largest absolute Gasteiger partial charge is 0.423 e. The molecule has 3 heterocycles. The molecule has 32 heavy (non-hydrogen) atoms. The molecule has 1 aromatic heterocycles. The fourth-order valence-electron chi connectivity index (χ4n) is 4.83. The van der Waals surface area contributed by atoms with Gasteiger partial charge in [-0.3, -0.25) is 4.79 Å². The molecule has 0 spiro atoms. The van der Waals surface area contributed by atoms with Crippen LogP contribution in [-0.2, 0) is 4.79 Å². The van der Waals surface area contributed by atoms with Gasteiger partial charge in [-0.05, 0) is 62.4 Å². The highest BCUT2D eigenvalue weighted by Crippen LogP contribution is 2.28. The lowest BCUT2D eigenvalue weighted by molar-refractivity contribution is -0.126. The van der Waals surface area contributed by atoms with Gasteiger partial charge in [0.15, 0.2) is 5.58 Å². The average molecular weight is 437 g/mol. The number of carbonyl (C=O) groups is 1. The molecular weight excluding hydrogens is 407 g/mol. The van der Waals surface area contributed by atoms with Gasteiger partial charge in [-0.1, -0.05) is 18.2 Å². The maximum atomic E-state index is 14.3. The first kappa shape index (κ1) is 20.8. The molecule has 0 bridgehead atoms. The van der Waals surface area contributed by atoms with Gasteiger partial charge >= 0.3 is 0 Å². The molecular formula is C25H29FN4O2. The number of oxazole rings is 1. The maximum Gasteiger partial charge on any atom is 0.298 e. The number of halogens is 1. The van der Waals surface area contributed by atoms with E-state index in [1.165, 1.54) is 6.07 Å². The number of anilines is 2. The van der Waals surface area contributed by atoms with E-state index in [1.807, 2.05) is 37.3 Å². The number of hydrogen-bond donors (Lipinski definition) is 1. The van der Waals surface area contributed by atoms with E-state index in [1.54, 1.807) is 6.07 Å². The van der Waals surface area contributed by atoms with Crippen molar-refractivity contribution in [2.24, 2.45) is 5.92 Å². The van der Waals surface area contributed by atoms with Crippen molar-refractivity contribution in [2.45, 2.75) is 38.6 Å². The van der Waals surface area contributed by atoms with E-state index in [9.17, 15) is 9.18 Å². The van der Waals surface area contributed by atoms with Crippen LogP contribution in [0.1, 0.15) is 31.2 Å². The summed E-state index contributed by atoms with van der Waals surface area (Å²) in [4.78, 5) is 21.7. The third-order valence-electron chi connectivity index (χ3n) is 6.63. The molecule has 1 atom stereocenters. The Bertz CT molecular complexity index is 1070. The lowest BCUT2D eigenvalue weighted by Crippen LogP contribution is -2.50. The highest BCUT2D eigenvalue weighted by Gasteiger charge is 2.30. The first-order chi connectivity index (χ1) is 15.6. The Kier molecular flexibility index (Phi) is 5.72. The van der Waals surface area contributed by atoms with Gasteiger partial charge in [0.2, 0.25) is 5.91 Å². The minimum absolute atomic E-state index is 0.0123. The van der Waals surface area contributed by atoms with Gasteiger partial charge in [-0.15, -0.1) is 0 Å². The summed E-state index contributed by atoms with van der Waals surface area (Å²) in [5.74, 6) is -0.102. The lowest BCUT2D eigenvalue weighted by Gasteiger charge is -2.36. The van der Waals surface area contributed by atoms with E-state index in [4.69, 9.17) is 4.42 Å². The molecule has 2 aliphatic rings. The Labute approximate surface area is 187 Å². The van der Waals surface area contributed by atoms with Crippen LogP contribution in [0.2, 0.25) is 0 Å². The summed E-state index contributed by atoms with van der Waals surface area (Å²) in [6, 6.07) is 13.6. The minimum Gasteiger partial charge on any atom is -0.423 e. The number of fused-ring (bicyclic) bond motifs is 1. The summed E-state index contributed by atoms with van der Waals surface area (Å²) in [5.41, 5.74) is 3.32. The first-order valence-corrected chi connectivity index (χ1v) is 11.5. The molecule has 3 aromatic rings. The lowest BCUT2D eigenvalue weighted by atomic mass is 9.95. The molecule has 2 aromatic carbocycles. The van der Waals surface area contributed by atoms with Crippen molar-refractivity contribution in [2.75, 3.05) is 36.0 Å². The number of para-hydroxylation sites is 2. The molecule has 2 saturated heterocycles. The number of amides is 1. The van der Waals surface area contributed by atoms with Crippen LogP contribution in [0.25, 0.3) is 11.1 Å². The molecule has 2 fully saturated rings. The molecule has 0 aliphatic carbocycles. The van der Waals surface area contributed by atoms with Crippen molar-refractivity contribution in [3.63, 3.8) is 0 Å². The van der Waals surface area contributed by atoms with Gasteiger partial charge in [0.05, 0.1) is 5.69 Å². The summed E-state index contributed by atoms with van der Waals surface area (Å²) >= 11 is 0.